The summed E-state index contributed by atoms with van der Waals surface area (Å²) >= 11 is 0. The van der Waals surface area contributed by atoms with Crippen LogP contribution in [0.25, 0.3) is 0 Å². The highest BCUT2D eigenvalue weighted by molar-refractivity contribution is 5.04. The Morgan fingerprint density at radius 1 is 1.52 bits per heavy atom. The number of rotatable bonds is 6. The van der Waals surface area contributed by atoms with Crippen LogP contribution in [-0.4, -0.2) is 58.1 Å². The van der Waals surface area contributed by atoms with Gasteiger partial charge in [0, 0.05) is 25.3 Å². The van der Waals surface area contributed by atoms with Crippen molar-refractivity contribution in [2.45, 2.75) is 44.4 Å². The number of aromatic nitrogens is 2. The van der Waals surface area contributed by atoms with Crippen molar-refractivity contribution in [1.29, 1.82) is 0 Å². The molecular formula is C14H21FN2O6. The van der Waals surface area contributed by atoms with Crippen LogP contribution in [0.5, 0.6) is 0 Å². The highest BCUT2D eigenvalue weighted by Gasteiger charge is 2.35. The molecule has 1 aliphatic rings. The van der Waals surface area contributed by atoms with E-state index in [1.54, 1.807) is 0 Å². The minimum Gasteiger partial charge on any atom is -0.394 e. The highest BCUT2D eigenvalue weighted by atomic mass is 19.1. The predicted molar refractivity (Wildman–Crippen MR) is 78.1 cm³/mol. The van der Waals surface area contributed by atoms with Gasteiger partial charge in [-0.1, -0.05) is 0 Å². The van der Waals surface area contributed by atoms with E-state index in [1.807, 2.05) is 0 Å². The Hall–Kier alpha value is -1.55. The van der Waals surface area contributed by atoms with Crippen molar-refractivity contribution in [3.8, 4) is 0 Å². The smallest absolute Gasteiger partial charge is 0.333 e. The SMILES string of the molecule is COC(CF)Cn1c(=O)c(C)cn([C@@H]2C[C@H](O)[C@H](CO)O2)c1=O. The number of hydrogen-bond acceptors (Lipinski definition) is 6. The standard InChI is InChI=1S/C14H21FN2O6/c1-8-5-16(12-3-10(19)11(7-18)23-12)14(21)17(13(8)20)6-9(4-15)22-2/h5,9-12,18-19H,3-4,6-7H2,1-2H3/t9?,10-,11-,12-/m0/s1. The van der Waals surface area contributed by atoms with E-state index in [1.165, 1.54) is 24.8 Å². The molecule has 4 atom stereocenters. The second-order valence-corrected chi connectivity index (χ2v) is 5.54. The second-order valence-electron chi connectivity index (χ2n) is 5.54. The molecule has 1 aromatic heterocycles. The summed E-state index contributed by atoms with van der Waals surface area (Å²) in [5.74, 6) is 0. The molecule has 0 aromatic carbocycles. The molecular weight excluding hydrogens is 311 g/mol. The van der Waals surface area contributed by atoms with Crippen LogP contribution in [-0.2, 0) is 16.0 Å². The van der Waals surface area contributed by atoms with Gasteiger partial charge in [0.05, 0.1) is 19.3 Å². The lowest BCUT2D eigenvalue weighted by Gasteiger charge is -2.19. The maximum Gasteiger partial charge on any atom is 0.333 e. The van der Waals surface area contributed by atoms with Crippen molar-refractivity contribution in [1.82, 2.24) is 9.13 Å². The summed E-state index contributed by atoms with van der Waals surface area (Å²) in [6.07, 6.45) is -1.95. The summed E-state index contributed by atoms with van der Waals surface area (Å²) in [4.78, 5) is 24.7. The molecule has 9 heteroatoms. The van der Waals surface area contributed by atoms with Crippen LogP contribution in [0.2, 0.25) is 0 Å². The van der Waals surface area contributed by atoms with Gasteiger partial charge in [-0.25, -0.2) is 9.18 Å². The van der Waals surface area contributed by atoms with Crippen molar-refractivity contribution in [3.05, 3.63) is 32.6 Å². The zero-order valence-electron chi connectivity index (χ0n) is 13.0. The number of halogens is 1. The minimum absolute atomic E-state index is 0.111. The number of aryl methyl sites for hydroxylation is 1. The number of ether oxygens (including phenoxy) is 2. The van der Waals surface area contributed by atoms with E-state index in [4.69, 9.17) is 14.6 Å². The fourth-order valence-corrected chi connectivity index (χ4v) is 2.57. The van der Waals surface area contributed by atoms with Gasteiger partial charge in [0.25, 0.3) is 5.56 Å². The third kappa shape index (κ3) is 3.52. The molecule has 0 saturated carbocycles. The molecule has 130 valence electrons. The van der Waals surface area contributed by atoms with Gasteiger partial charge in [-0.3, -0.25) is 13.9 Å². The van der Waals surface area contributed by atoms with Crippen molar-refractivity contribution < 1.29 is 24.1 Å². The molecule has 2 N–H and O–H groups in total. The van der Waals surface area contributed by atoms with Gasteiger partial charge in [-0.15, -0.1) is 0 Å². The summed E-state index contributed by atoms with van der Waals surface area (Å²) in [7, 11) is 1.30. The molecule has 0 spiro atoms. The van der Waals surface area contributed by atoms with Crippen LogP contribution < -0.4 is 11.2 Å². The van der Waals surface area contributed by atoms with Crippen molar-refractivity contribution >= 4 is 0 Å². The first-order valence-corrected chi connectivity index (χ1v) is 7.28. The number of aliphatic hydroxyl groups is 2. The second kappa shape index (κ2) is 7.35. The van der Waals surface area contributed by atoms with Gasteiger partial charge in [0.15, 0.2) is 0 Å². The monoisotopic (exact) mass is 332 g/mol. The average molecular weight is 332 g/mol. The Morgan fingerprint density at radius 3 is 2.74 bits per heavy atom. The average Bonchev–Trinajstić information content (AvgIpc) is 2.92. The Bertz CT molecular complexity index is 654. The summed E-state index contributed by atoms with van der Waals surface area (Å²) in [6, 6.07) is 0. The molecule has 23 heavy (non-hydrogen) atoms. The number of aliphatic hydroxyl groups excluding tert-OH is 2. The first-order valence-electron chi connectivity index (χ1n) is 7.28. The molecule has 1 fully saturated rings. The molecule has 2 rings (SSSR count). The lowest BCUT2D eigenvalue weighted by molar-refractivity contribution is -0.0466. The lowest BCUT2D eigenvalue weighted by atomic mass is 10.2. The van der Waals surface area contributed by atoms with Crippen LogP contribution in [0.1, 0.15) is 18.2 Å². The zero-order chi connectivity index (χ0) is 17.1. The Labute approximate surface area is 131 Å². The van der Waals surface area contributed by atoms with Crippen LogP contribution >= 0.6 is 0 Å². The van der Waals surface area contributed by atoms with Crippen molar-refractivity contribution in [2.24, 2.45) is 0 Å². The van der Waals surface area contributed by atoms with Crippen LogP contribution in [0, 0.1) is 6.92 Å². The molecule has 2 heterocycles. The van der Waals surface area contributed by atoms with Crippen molar-refractivity contribution in [3.63, 3.8) is 0 Å². The van der Waals surface area contributed by atoms with E-state index in [9.17, 15) is 19.1 Å². The van der Waals surface area contributed by atoms with Crippen LogP contribution in [0.3, 0.4) is 0 Å². The van der Waals surface area contributed by atoms with E-state index < -0.39 is 42.5 Å². The molecule has 0 aliphatic carbocycles. The summed E-state index contributed by atoms with van der Waals surface area (Å²) < 4.78 is 25.2. The summed E-state index contributed by atoms with van der Waals surface area (Å²) in [5.41, 5.74) is -0.922. The molecule has 8 nitrogen and oxygen atoms in total. The fraction of sp³-hybridized carbons (Fsp3) is 0.714. The van der Waals surface area contributed by atoms with Gasteiger partial charge in [0.1, 0.15) is 25.1 Å². The first kappa shape index (κ1) is 17.8. The first-order chi connectivity index (χ1) is 10.9. The molecule has 1 unspecified atom stereocenters. The number of methoxy groups -OCH3 is 1. The van der Waals surface area contributed by atoms with Crippen LogP contribution in [0.4, 0.5) is 4.39 Å². The normalized spacial score (nSPS) is 25.7. The molecule has 0 amide bonds. The number of hydrogen-bond donors (Lipinski definition) is 2. The lowest BCUT2D eigenvalue weighted by Crippen LogP contribution is -2.44. The maximum atomic E-state index is 12.8. The van der Waals surface area contributed by atoms with Gasteiger partial charge in [-0.2, -0.15) is 0 Å². The van der Waals surface area contributed by atoms with E-state index >= 15 is 0 Å². The van der Waals surface area contributed by atoms with E-state index in [-0.39, 0.29) is 25.1 Å². The number of alkyl halides is 1. The Balaban J connectivity index is 2.41. The zero-order valence-corrected chi connectivity index (χ0v) is 13.0. The van der Waals surface area contributed by atoms with Crippen LogP contribution in [0.15, 0.2) is 15.8 Å². The summed E-state index contributed by atoms with van der Waals surface area (Å²) in [5, 5.41) is 18.9. The Kier molecular flexibility index (Phi) is 5.69. The minimum atomic E-state index is -0.907. The van der Waals surface area contributed by atoms with E-state index in [0.717, 1.165) is 4.57 Å². The largest absolute Gasteiger partial charge is 0.394 e. The third-order valence-electron chi connectivity index (χ3n) is 3.95. The van der Waals surface area contributed by atoms with E-state index in [0.29, 0.717) is 0 Å². The predicted octanol–water partition coefficient (Wildman–Crippen LogP) is -1.06. The molecule has 0 radical (unpaired) electrons. The third-order valence-corrected chi connectivity index (χ3v) is 3.95. The number of nitrogens with zero attached hydrogens (tertiary/aromatic N) is 2. The molecule has 1 aromatic rings. The van der Waals surface area contributed by atoms with Crippen molar-refractivity contribution in [2.75, 3.05) is 20.4 Å². The quantitative estimate of drug-likeness (QED) is 0.689. The fourth-order valence-electron chi connectivity index (χ4n) is 2.57. The molecule has 1 aliphatic heterocycles. The Morgan fingerprint density at radius 2 is 2.22 bits per heavy atom. The van der Waals surface area contributed by atoms with Gasteiger partial charge in [0.2, 0.25) is 0 Å². The maximum absolute atomic E-state index is 12.8. The summed E-state index contributed by atoms with van der Waals surface area (Å²) in [6.45, 7) is 0.103. The molecule has 0 bridgehead atoms. The van der Waals surface area contributed by atoms with Gasteiger partial charge in [-0.05, 0) is 6.92 Å². The van der Waals surface area contributed by atoms with E-state index in [2.05, 4.69) is 0 Å². The molecule has 1 saturated heterocycles. The topological polar surface area (TPSA) is 103 Å². The van der Waals surface area contributed by atoms with Gasteiger partial charge < -0.3 is 19.7 Å². The highest BCUT2D eigenvalue weighted by Crippen LogP contribution is 2.27. The van der Waals surface area contributed by atoms with Gasteiger partial charge >= 0.3 is 5.69 Å².